The Morgan fingerprint density at radius 1 is 1.26 bits per heavy atom. The molecule has 1 saturated heterocycles. The molecule has 0 aromatic heterocycles. The van der Waals surface area contributed by atoms with E-state index in [4.69, 9.17) is 9.47 Å². The van der Waals surface area contributed by atoms with Gasteiger partial charge in [0.2, 0.25) is 0 Å². The van der Waals surface area contributed by atoms with Crippen LogP contribution in [0.5, 0.6) is 0 Å². The molecular formula is C24H36O3. The molecule has 5 unspecified atom stereocenters. The molecule has 4 aliphatic rings. The van der Waals surface area contributed by atoms with Crippen LogP contribution in [-0.4, -0.2) is 25.3 Å². The molecule has 0 bridgehead atoms. The lowest BCUT2D eigenvalue weighted by Gasteiger charge is -2.57. The molecular weight excluding hydrogens is 336 g/mol. The highest BCUT2D eigenvalue weighted by molar-refractivity contribution is 5.77. The van der Waals surface area contributed by atoms with Gasteiger partial charge in [-0.25, -0.2) is 0 Å². The van der Waals surface area contributed by atoms with Gasteiger partial charge in [0.15, 0.2) is 0 Å². The smallest absolute Gasteiger partial charge is 0.312 e. The van der Waals surface area contributed by atoms with E-state index < -0.39 is 0 Å². The van der Waals surface area contributed by atoms with Gasteiger partial charge in [-0.05, 0) is 67.8 Å². The zero-order valence-corrected chi connectivity index (χ0v) is 17.6. The maximum absolute atomic E-state index is 13.3. The third-order valence-electron chi connectivity index (χ3n) is 8.21. The van der Waals surface area contributed by atoms with Gasteiger partial charge in [-0.15, -0.1) is 0 Å². The molecule has 0 amide bonds. The van der Waals surface area contributed by atoms with Gasteiger partial charge in [0.1, 0.15) is 6.10 Å². The zero-order chi connectivity index (χ0) is 19.2. The number of esters is 1. The van der Waals surface area contributed by atoms with Crippen molar-refractivity contribution >= 4 is 5.97 Å². The normalized spacial score (nSPS) is 41.4. The minimum Gasteiger partial charge on any atom is -0.459 e. The minimum absolute atomic E-state index is 0.0278. The SMILES string of the molecule is CC(C)C1=CC2=CCC3C(C)(C(=O)OC4CCOC4)CCCC3(C)C2CC1. The molecule has 0 aromatic rings. The second kappa shape index (κ2) is 7.06. The van der Waals surface area contributed by atoms with Gasteiger partial charge in [0.25, 0.3) is 0 Å². The standard InChI is InChI=1S/C24H36O3/c1-16(2)17-6-8-20-18(14-17)7-9-21-23(20,3)11-5-12-24(21,4)22(25)27-19-10-13-26-15-19/h7,14,16,19-21H,5-6,8-13,15H2,1-4H3. The number of hydrogen-bond donors (Lipinski definition) is 0. The lowest BCUT2D eigenvalue weighted by Crippen LogP contribution is -2.53. The molecule has 0 radical (unpaired) electrons. The van der Waals surface area contributed by atoms with Gasteiger partial charge in [0.05, 0.1) is 18.6 Å². The third kappa shape index (κ3) is 3.20. The number of carbonyl (C=O) groups is 1. The fourth-order valence-electron chi connectivity index (χ4n) is 6.48. The first-order valence-corrected chi connectivity index (χ1v) is 11.0. The van der Waals surface area contributed by atoms with Crippen LogP contribution < -0.4 is 0 Å². The molecule has 0 spiro atoms. The monoisotopic (exact) mass is 372 g/mol. The Kier molecular flexibility index (Phi) is 5.03. The number of carbonyl (C=O) groups excluding carboxylic acids is 1. The molecule has 4 rings (SSSR count). The van der Waals surface area contributed by atoms with Gasteiger partial charge >= 0.3 is 5.97 Å². The second-order valence-corrected chi connectivity index (χ2v) is 10.1. The van der Waals surface area contributed by atoms with Crippen LogP contribution >= 0.6 is 0 Å². The molecule has 3 heteroatoms. The molecule has 0 N–H and O–H groups in total. The maximum Gasteiger partial charge on any atom is 0.312 e. The molecule has 27 heavy (non-hydrogen) atoms. The molecule has 1 aliphatic heterocycles. The Hall–Kier alpha value is -1.09. The summed E-state index contributed by atoms with van der Waals surface area (Å²) in [5.74, 6) is 1.65. The summed E-state index contributed by atoms with van der Waals surface area (Å²) in [6, 6.07) is 0. The number of hydrogen-bond acceptors (Lipinski definition) is 3. The van der Waals surface area contributed by atoms with E-state index in [1.54, 1.807) is 11.1 Å². The first-order chi connectivity index (χ1) is 12.8. The summed E-state index contributed by atoms with van der Waals surface area (Å²) in [7, 11) is 0. The first kappa shape index (κ1) is 19.2. The fraction of sp³-hybridized carbons (Fsp3) is 0.792. The number of rotatable bonds is 3. The molecule has 1 heterocycles. The Balaban J connectivity index is 1.61. The molecule has 2 fully saturated rings. The van der Waals surface area contributed by atoms with Crippen LogP contribution in [0.25, 0.3) is 0 Å². The van der Waals surface area contributed by atoms with Crippen molar-refractivity contribution in [2.45, 2.75) is 78.7 Å². The predicted octanol–water partition coefficient (Wildman–Crippen LogP) is 5.45. The van der Waals surface area contributed by atoms with E-state index in [9.17, 15) is 4.79 Å². The lowest BCUT2D eigenvalue weighted by atomic mass is 9.47. The van der Waals surface area contributed by atoms with Gasteiger partial charge in [-0.1, -0.05) is 44.9 Å². The summed E-state index contributed by atoms with van der Waals surface area (Å²) in [5, 5.41) is 0. The van der Waals surface area contributed by atoms with E-state index in [1.165, 1.54) is 19.3 Å². The van der Waals surface area contributed by atoms with E-state index in [1.807, 2.05) is 0 Å². The van der Waals surface area contributed by atoms with Crippen LogP contribution in [0.1, 0.15) is 72.6 Å². The Bertz CT molecular complexity index is 655. The molecule has 5 atom stereocenters. The molecule has 150 valence electrons. The summed E-state index contributed by atoms with van der Waals surface area (Å²) >= 11 is 0. The molecule has 1 saturated carbocycles. The predicted molar refractivity (Wildman–Crippen MR) is 107 cm³/mol. The van der Waals surface area contributed by atoms with E-state index in [0.29, 0.717) is 31.0 Å². The van der Waals surface area contributed by atoms with Crippen molar-refractivity contribution in [1.29, 1.82) is 0 Å². The third-order valence-corrected chi connectivity index (χ3v) is 8.21. The Labute approximate surface area is 164 Å². The largest absolute Gasteiger partial charge is 0.459 e. The first-order valence-electron chi connectivity index (χ1n) is 11.0. The van der Waals surface area contributed by atoms with Crippen molar-refractivity contribution in [3.8, 4) is 0 Å². The molecule has 0 aromatic carbocycles. The summed E-state index contributed by atoms with van der Waals surface area (Å²) in [6.07, 6.45) is 12.5. The van der Waals surface area contributed by atoms with Crippen LogP contribution in [0.3, 0.4) is 0 Å². The van der Waals surface area contributed by atoms with Crippen molar-refractivity contribution in [2.75, 3.05) is 13.2 Å². The van der Waals surface area contributed by atoms with Crippen molar-refractivity contribution in [3.05, 3.63) is 23.3 Å². The summed E-state index contributed by atoms with van der Waals surface area (Å²) < 4.78 is 11.3. The quantitative estimate of drug-likeness (QED) is 0.618. The van der Waals surface area contributed by atoms with Crippen LogP contribution in [0, 0.1) is 28.6 Å². The average molecular weight is 373 g/mol. The van der Waals surface area contributed by atoms with Gasteiger partial charge < -0.3 is 9.47 Å². The zero-order valence-electron chi connectivity index (χ0n) is 17.6. The summed E-state index contributed by atoms with van der Waals surface area (Å²) in [4.78, 5) is 13.3. The Morgan fingerprint density at radius 3 is 2.78 bits per heavy atom. The van der Waals surface area contributed by atoms with E-state index in [2.05, 4.69) is 39.8 Å². The Morgan fingerprint density at radius 2 is 2.07 bits per heavy atom. The van der Waals surface area contributed by atoms with Crippen molar-refractivity contribution in [1.82, 2.24) is 0 Å². The summed E-state index contributed by atoms with van der Waals surface area (Å²) in [6.45, 7) is 10.5. The highest BCUT2D eigenvalue weighted by atomic mass is 16.6. The van der Waals surface area contributed by atoms with Crippen LogP contribution in [0.2, 0.25) is 0 Å². The van der Waals surface area contributed by atoms with Gasteiger partial charge in [-0.3, -0.25) is 4.79 Å². The highest BCUT2D eigenvalue weighted by Gasteiger charge is 2.57. The average Bonchev–Trinajstić information content (AvgIpc) is 3.14. The second-order valence-electron chi connectivity index (χ2n) is 10.1. The summed E-state index contributed by atoms with van der Waals surface area (Å²) in [5.41, 5.74) is 2.99. The number of ether oxygens (including phenoxy) is 2. The van der Waals surface area contributed by atoms with Crippen molar-refractivity contribution < 1.29 is 14.3 Å². The highest BCUT2D eigenvalue weighted by Crippen LogP contribution is 2.62. The van der Waals surface area contributed by atoms with Crippen LogP contribution in [0.15, 0.2) is 23.3 Å². The topological polar surface area (TPSA) is 35.5 Å². The number of fused-ring (bicyclic) bond motifs is 3. The van der Waals surface area contributed by atoms with Gasteiger partial charge in [-0.2, -0.15) is 0 Å². The van der Waals surface area contributed by atoms with Crippen LogP contribution in [0.4, 0.5) is 0 Å². The van der Waals surface area contributed by atoms with Crippen molar-refractivity contribution in [2.24, 2.45) is 28.6 Å². The van der Waals surface area contributed by atoms with E-state index in [-0.39, 0.29) is 22.9 Å². The maximum atomic E-state index is 13.3. The minimum atomic E-state index is -0.361. The van der Waals surface area contributed by atoms with E-state index in [0.717, 1.165) is 25.7 Å². The molecule has 3 aliphatic carbocycles. The van der Waals surface area contributed by atoms with Crippen LogP contribution in [-0.2, 0) is 14.3 Å². The lowest BCUT2D eigenvalue weighted by molar-refractivity contribution is -0.174. The van der Waals surface area contributed by atoms with E-state index >= 15 is 0 Å². The molecule has 3 nitrogen and oxygen atoms in total. The number of allylic oxidation sites excluding steroid dienone is 4. The fourth-order valence-corrected chi connectivity index (χ4v) is 6.48. The van der Waals surface area contributed by atoms with Crippen molar-refractivity contribution in [3.63, 3.8) is 0 Å². The van der Waals surface area contributed by atoms with Gasteiger partial charge in [0, 0.05) is 6.42 Å².